The first-order valence-electron chi connectivity index (χ1n) is 12.2. The van der Waals surface area contributed by atoms with Gasteiger partial charge in [0.05, 0.1) is 23.2 Å². The molecule has 2 heterocycles. The predicted octanol–water partition coefficient (Wildman–Crippen LogP) is 1.55. The van der Waals surface area contributed by atoms with Crippen LogP contribution in [-0.4, -0.2) is 38.2 Å². The standard InChI is InChI=1S/C28H28N4O6/c1-16(2)17-7-9-18(10-8-17)32-27(37)21(26(36)31-28(32)38)15-23-20(19-5-3-4-6-22(19)30-23)13-14-29-24(33)11-12-25(34)35/h3-10,15-16,37H,11-14H2,1-2H3,(H,29,33)(H,34,35)(H,31,36,38). The molecule has 0 bridgehead atoms. The summed E-state index contributed by atoms with van der Waals surface area (Å²) in [5.74, 6) is -1.67. The number of hydrogen-bond acceptors (Lipinski definition) is 6. The van der Waals surface area contributed by atoms with Crippen molar-refractivity contribution >= 4 is 23.5 Å². The van der Waals surface area contributed by atoms with Crippen LogP contribution in [0.1, 0.15) is 50.2 Å². The lowest BCUT2D eigenvalue weighted by atomic mass is 10.0. The van der Waals surface area contributed by atoms with Gasteiger partial charge in [-0.05, 0) is 47.8 Å². The average Bonchev–Trinajstić information content (AvgIpc) is 3.22. The van der Waals surface area contributed by atoms with E-state index in [2.05, 4.69) is 15.3 Å². The van der Waals surface area contributed by atoms with Crippen molar-refractivity contribution in [2.24, 2.45) is 4.99 Å². The molecule has 10 nitrogen and oxygen atoms in total. The summed E-state index contributed by atoms with van der Waals surface area (Å²) >= 11 is 0. The first kappa shape index (κ1) is 26.3. The molecule has 0 atom stereocenters. The Morgan fingerprint density at radius 3 is 2.47 bits per heavy atom. The van der Waals surface area contributed by atoms with Crippen molar-refractivity contribution in [3.63, 3.8) is 0 Å². The number of carboxylic acid groups (broad SMARTS) is 1. The third kappa shape index (κ3) is 5.64. The minimum absolute atomic E-state index is 0.128. The number of rotatable bonds is 9. The molecule has 4 N–H and O–H groups in total. The molecule has 0 saturated carbocycles. The van der Waals surface area contributed by atoms with Gasteiger partial charge in [0.1, 0.15) is 5.56 Å². The highest BCUT2D eigenvalue weighted by atomic mass is 16.4. The van der Waals surface area contributed by atoms with Crippen molar-refractivity contribution in [3.8, 4) is 11.6 Å². The summed E-state index contributed by atoms with van der Waals surface area (Å²) < 4.78 is 1.03. The first-order valence-corrected chi connectivity index (χ1v) is 12.2. The Morgan fingerprint density at radius 2 is 1.79 bits per heavy atom. The number of aromatic amines is 1. The number of fused-ring (bicyclic) bond motifs is 1. The smallest absolute Gasteiger partial charge is 0.335 e. The van der Waals surface area contributed by atoms with Crippen LogP contribution in [0.25, 0.3) is 17.3 Å². The summed E-state index contributed by atoms with van der Waals surface area (Å²) in [5.41, 5.74) is 0.934. The van der Waals surface area contributed by atoms with E-state index in [1.165, 1.54) is 6.08 Å². The third-order valence-corrected chi connectivity index (χ3v) is 6.26. The van der Waals surface area contributed by atoms with Crippen LogP contribution in [0.15, 0.2) is 68.8 Å². The van der Waals surface area contributed by atoms with E-state index in [0.717, 1.165) is 20.9 Å². The molecule has 1 aliphatic rings. The number of aliphatic carboxylic acids is 1. The maximum atomic E-state index is 12.8. The van der Waals surface area contributed by atoms with Crippen molar-refractivity contribution in [1.29, 1.82) is 0 Å². The van der Waals surface area contributed by atoms with E-state index in [-0.39, 0.29) is 36.8 Å². The Balaban J connectivity index is 1.71. The number of amides is 1. The van der Waals surface area contributed by atoms with Crippen LogP contribution in [0.5, 0.6) is 5.88 Å². The van der Waals surface area contributed by atoms with Gasteiger partial charge in [0.2, 0.25) is 11.8 Å². The summed E-state index contributed by atoms with van der Waals surface area (Å²) in [6.07, 6.45) is 1.38. The van der Waals surface area contributed by atoms with Gasteiger partial charge in [0.15, 0.2) is 0 Å². The van der Waals surface area contributed by atoms with Crippen LogP contribution < -0.4 is 27.1 Å². The topological polar surface area (TPSA) is 154 Å². The van der Waals surface area contributed by atoms with Crippen LogP contribution in [-0.2, 0) is 9.59 Å². The summed E-state index contributed by atoms with van der Waals surface area (Å²) in [5, 5.41) is 24.0. The number of nitrogens with zero attached hydrogens (tertiary/aromatic N) is 2. The second-order valence-corrected chi connectivity index (χ2v) is 9.21. The quantitative estimate of drug-likeness (QED) is 0.338. The number of allylic oxidation sites excluding steroid dienone is 1. The maximum Gasteiger partial charge on any atom is 0.335 e. The number of H-pyrrole nitrogens is 1. The maximum absolute atomic E-state index is 12.8. The largest absolute Gasteiger partial charge is 0.494 e. The minimum atomic E-state index is -1.05. The van der Waals surface area contributed by atoms with E-state index in [0.29, 0.717) is 23.2 Å². The Labute approximate surface area is 217 Å². The molecule has 0 fully saturated rings. The van der Waals surface area contributed by atoms with Gasteiger partial charge in [-0.2, -0.15) is 0 Å². The van der Waals surface area contributed by atoms with Crippen LogP contribution in [0.2, 0.25) is 0 Å². The second-order valence-electron chi connectivity index (χ2n) is 9.21. The van der Waals surface area contributed by atoms with E-state index < -0.39 is 23.1 Å². The van der Waals surface area contributed by atoms with Gasteiger partial charge < -0.3 is 15.5 Å². The van der Waals surface area contributed by atoms with E-state index in [4.69, 9.17) is 5.11 Å². The molecule has 0 spiro atoms. The number of aromatic nitrogens is 2. The van der Waals surface area contributed by atoms with Crippen LogP contribution in [0.3, 0.4) is 0 Å². The van der Waals surface area contributed by atoms with E-state index in [9.17, 15) is 24.3 Å². The molecular weight excluding hydrogens is 488 g/mol. The normalized spacial score (nSPS) is 13.4. The Kier molecular flexibility index (Phi) is 7.71. The molecule has 0 radical (unpaired) electrons. The molecule has 2 aromatic carbocycles. The van der Waals surface area contributed by atoms with E-state index in [1.54, 1.807) is 12.1 Å². The van der Waals surface area contributed by atoms with Crippen LogP contribution in [0, 0.1) is 0 Å². The highest BCUT2D eigenvalue weighted by Crippen LogP contribution is 2.25. The van der Waals surface area contributed by atoms with Crippen molar-refractivity contribution < 1.29 is 19.8 Å². The first-order chi connectivity index (χ1) is 18.2. The van der Waals surface area contributed by atoms with Crippen molar-refractivity contribution in [1.82, 2.24) is 14.9 Å². The molecular formula is C28H28N4O6. The van der Waals surface area contributed by atoms with Crippen molar-refractivity contribution in [2.75, 3.05) is 6.54 Å². The van der Waals surface area contributed by atoms with Gasteiger partial charge in [-0.15, -0.1) is 0 Å². The third-order valence-electron chi connectivity index (χ3n) is 6.26. The SMILES string of the molecule is CC(C)c1ccc(-n2c(O)c(C=C3N=c4ccccc4=C3CCNC(=O)CCC(=O)O)c(=O)[nH]c2=O)cc1. The zero-order valence-corrected chi connectivity index (χ0v) is 21.0. The molecule has 38 heavy (non-hydrogen) atoms. The number of aromatic hydroxyl groups is 1. The van der Waals surface area contributed by atoms with Gasteiger partial charge in [-0.1, -0.05) is 44.2 Å². The number of carbonyl (C=O) groups is 2. The van der Waals surface area contributed by atoms with E-state index >= 15 is 0 Å². The molecule has 0 aliphatic carbocycles. The molecule has 1 amide bonds. The molecule has 0 saturated heterocycles. The van der Waals surface area contributed by atoms with Gasteiger partial charge >= 0.3 is 11.7 Å². The highest BCUT2D eigenvalue weighted by Gasteiger charge is 2.19. The van der Waals surface area contributed by atoms with Gasteiger partial charge in [-0.25, -0.2) is 14.4 Å². The van der Waals surface area contributed by atoms with Gasteiger partial charge in [0.25, 0.3) is 5.56 Å². The van der Waals surface area contributed by atoms with E-state index in [1.807, 2.05) is 50.2 Å². The number of carbonyl (C=O) groups excluding carboxylic acids is 1. The fourth-order valence-electron chi connectivity index (χ4n) is 4.23. The Hall–Kier alpha value is -4.73. The lowest BCUT2D eigenvalue weighted by Crippen LogP contribution is -2.30. The molecule has 1 aromatic heterocycles. The highest BCUT2D eigenvalue weighted by molar-refractivity contribution is 5.81. The zero-order valence-electron chi connectivity index (χ0n) is 21.0. The molecule has 4 rings (SSSR count). The summed E-state index contributed by atoms with van der Waals surface area (Å²) in [6.45, 7) is 4.31. The number of para-hydroxylation sites is 1. The monoisotopic (exact) mass is 516 g/mol. The number of hydrogen-bond donors (Lipinski definition) is 4. The fourth-order valence-corrected chi connectivity index (χ4v) is 4.23. The number of benzene rings is 2. The molecule has 1 aliphatic heterocycles. The molecule has 0 unspecified atom stereocenters. The van der Waals surface area contributed by atoms with Crippen LogP contribution in [0.4, 0.5) is 0 Å². The van der Waals surface area contributed by atoms with Crippen molar-refractivity contribution in [3.05, 3.63) is 96.8 Å². The average molecular weight is 517 g/mol. The Morgan fingerprint density at radius 1 is 1.08 bits per heavy atom. The van der Waals surface area contributed by atoms with Crippen molar-refractivity contribution in [2.45, 2.75) is 39.0 Å². The zero-order chi connectivity index (χ0) is 27.4. The number of nitrogens with one attached hydrogen (secondary N) is 2. The number of carboxylic acids is 1. The Bertz CT molecular complexity index is 1660. The lowest BCUT2D eigenvalue weighted by molar-refractivity contribution is -0.138. The summed E-state index contributed by atoms with van der Waals surface area (Å²) in [4.78, 5) is 54.9. The van der Waals surface area contributed by atoms with Crippen LogP contribution >= 0.6 is 0 Å². The summed E-state index contributed by atoms with van der Waals surface area (Å²) in [6, 6.07) is 14.4. The summed E-state index contributed by atoms with van der Waals surface area (Å²) in [7, 11) is 0. The minimum Gasteiger partial charge on any atom is -0.494 e. The molecule has 10 heteroatoms. The molecule has 3 aromatic rings. The predicted molar refractivity (Wildman–Crippen MR) is 142 cm³/mol. The fraction of sp³-hybridized carbons (Fsp3) is 0.250. The van der Waals surface area contributed by atoms with Gasteiger partial charge in [-0.3, -0.25) is 19.4 Å². The lowest BCUT2D eigenvalue weighted by Gasteiger charge is -2.12. The van der Waals surface area contributed by atoms with Gasteiger partial charge in [0, 0.05) is 18.2 Å². The molecule has 196 valence electrons. The second kappa shape index (κ2) is 11.1.